The standard InChI is InChI=1S/C25H26N6O3/c1-3-22(32)28-17-5-4-6-18(11-17)31-25-26-13-20(14-27-25)30-24(34)21-12-19(10-7-15(21)2)29-23(33)16-8-9-16/h3-7,10-13,16,20H,1,8-9,14H2,2H3,(H,27,31)(H,28,32)(H,29,33)(H,30,34). The average Bonchev–Trinajstić information content (AvgIpc) is 3.67. The molecule has 4 N–H and O–H groups in total. The zero-order chi connectivity index (χ0) is 24.1. The van der Waals surface area contributed by atoms with Crippen molar-refractivity contribution in [2.45, 2.75) is 25.8 Å². The first-order chi connectivity index (χ1) is 16.4. The Morgan fingerprint density at radius 1 is 1.03 bits per heavy atom. The number of aryl methyl sites for hydroxylation is 1. The quantitative estimate of drug-likeness (QED) is 0.476. The second kappa shape index (κ2) is 10.1. The Morgan fingerprint density at radius 2 is 1.79 bits per heavy atom. The Morgan fingerprint density at radius 3 is 2.50 bits per heavy atom. The van der Waals surface area contributed by atoms with Gasteiger partial charge in [0, 0.05) is 34.8 Å². The van der Waals surface area contributed by atoms with E-state index in [-0.39, 0.29) is 29.7 Å². The van der Waals surface area contributed by atoms with Crippen LogP contribution in [0.15, 0.2) is 65.1 Å². The van der Waals surface area contributed by atoms with Crippen LogP contribution in [0.4, 0.5) is 17.1 Å². The van der Waals surface area contributed by atoms with Gasteiger partial charge in [0.2, 0.25) is 17.8 Å². The fourth-order valence-corrected chi connectivity index (χ4v) is 3.37. The molecule has 0 saturated heterocycles. The van der Waals surface area contributed by atoms with Gasteiger partial charge in [-0.2, -0.15) is 0 Å². The summed E-state index contributed by atoms with van der Waals surface area (Å²) < 4.78 is 0. The van der Waals surface area contributed by atoms with Crippen LogP contribution in [0.25, 0.3) is 0 Å². The summed E-state index contributed by atoms with van der Waals surface area (Å²) in [7, 11) is 0. The highest BCUT2D eigenvalue weighted by atomic mass is 16.2. The molecule has 0 spiro atoms. The summed E-state index contributed by atoms with van der Waals surface area (Å²) in [4.78, 5) is 45.1. The van der Waals surface area contributed by atoms with Crippen LogP contribution >= 0.6 is 0 Å². The topological polar surface area (TPSA) is 124 Å². The summed E-state index contributed by atoms with van der Waals surface area (Å²) in [6.45, 7) is 5.61. The fraction of sp³-hybridized carbons (Fsp3) is 0.240. The largest absolute Gasteiger partial charge is 0.342 e. The van der Waals surface area contributed by atoms with Crippen LogP contribution in [0, 0.1) is 12.8 Å². The molecule has 0 bridgehead atoms. The molecule has 2 aliphatic rings. The molecule has 9 heteroatoms. The van der Waals surface area contributed by atoms with Gasteiger partial charge in [-0.15, -0.1) is 0 Å². The average molecular weight is 459 g/mol. The predicted octanol–water partition coefficient (Wildman–Crippen LogP) is 3.12. The van der Waals surface area contributed by atoms with Crippen molar-refractivity contribution in [1.82, 2.24) is 5.32 Å². The molecule has 0 radical (unpaired) electrons. The van der Waals surface area contributed by atoms with Crippen LogP contribution in [0.2, 0.25) is 0 Å². The number of nitrogens with one attached hydrogen (secondary N) is 4. The monoisotopic (exact) mass is 458 g/mol. The van der Waals surface area contributed by atoms with Crippen LogP contribution in [-0.4, -0.2) is 42.5 Å². The number of anilines is 3. The summed E-state index contributed by atoms with van der Waals surface area (Å²) in [5.41, 5.74) is 3.24. The lowest BCUT2D eigenvalue weighted by Crippen LogP contribution is -2.40. The smallest absolute Gasteiger partial charge is 0.252 e. The molecule has 2 aromatic rings. The number of hydrogen-bond donors (Lipinski definition) is 4. The zero-order valence-electron chi connectivity index (χ0n) is 18.8. The maximum absolute atomic E-state index is 12.8. The highest BCUT2D eigenvalue weighted by molar-refractivity contribution is 6.04. The number of nitrogens with zero attached hydrogens (tertiary/aromatic N) is 2. The van der Waals surface area contributed by atoms with Crippen LogP contribution in [0.5, 0.6) is 0 Å². The summed E-state index contributed by atoms with van der Waals surface area (Å²) in [5, 5.41) is 11.6. The summed E-state index contributed by atoms with van der Waals surface area (Å²) in [6.07, 6.45) is 4.66. The normalized spacial score (nSPS) is 16.7. The Labute approximate surface area is 197 Å². The van der Waals surface area contributed by atoms with E-state index in [4.69, 9.17) is 0 Å². The van der Waals surface area contributed by atoms with E-state index in [1.165, 1.54) is 6.08 Å². The zero-order valence-corrected chi connectivity index (χ0v) is 18.8. The van der Waals surface area contributed by atoms with E-state index < -0.39 is 0 Å². The van der Waals surface area contributed by atoms with Crippen molar-refractivity contribution in [2.75, 3.05) is 22.5 Å². The van der Waals surface area contributed by atoms with E-state index in [0.29, 0.717) is 35.1 Å². The number of carbonyl (C=O) groups excluding carboxylic acids is 3. The Kier molecular flexibility index (Phi) is 6.82. The lowest BCUT2D eigenvalue weighted by Gasteiger charge is -2.18. The maximum atomic E-state index is 12.8. The van der Waals surface area contributed by atoms with E-state index >= 15 is 0 Å². The molecule has 1 unspecified atom stereocenters. The molecule has 1 aliphatic heterocycles. The first-order valence-electron chi connectivity index (χ1n) is 11.0. The van der Waals surface area contributed by atoms with Gasteiger partial charge in [-0.05, 0) is 61.7 Å². The minimum Gasteiger partial charge on any atom is -0.342 e. The number of rotatable bonds is 7. The third-order valence-corrected chi connectivity index (χ3v) is 5.40. The van der Waals surface area contributed by atoms with Crippen LogP contribution in [0.1, 0.15) is 28.8 Å². The maximum Gasteiger partial charge on any atom is 0.252 e. The van der Waals surface area contributed by atoms with Crippen LogP contribution < -0.4 is 21.3 Å². The highest BCUT2D eigenvalue weighted by Crippen LogP contribution is 2.30. The van der Waals surface area contributed by atoms with Gasteiger partial charge >= 0.3 is 0 Å². The van der Waals surface area contributed by atoms with Crippen molar-refractivity contribution in [3.63, 3.8) is 0 Å². The minimum absolute atomic E-state index is 0.00221. The van der Waals surface area contributed by atoms with E-state index in [1.54, 1.807) is 36.5 Å². The van der Waals surface area contributed by atoms with Crippen molar-refractivity contribution in [2.24, 2.45) is 15.9 Å². The molecule has 1 saturated carbocycles. The van der Waals surface area contributed by atoms with E-state index in [1.807, 2.05) is 19.1 Å². The molecule has 4 rings (SSSR count). The number of aliphatic imine (C=N–C) groups is 2. The molecule has 1 aliphatic carbocycles. The van der Waals surface area contributed by atoms with E-state index in [0.717, 1.165) is 18.4 Å². The molecule has 1 fully saturated rings. The summed E-state index contributed by atoms with van der Waals surface area (Å²) >= 11 is 0. The molecule has 34 heavy (non-hydrogen) atoms. The third kappa shape index (κ3) is 5.94. The van der Waals surface area contributed by atoms with Gasteiger partial charge in [0.15, 0.2) is 0 Å². The van der Waals surface area contributed by atoms with Crippen molar-refractivity contribution < 1.29 is 14.4 Å². The lowest BCUT2D eigenvalue weighted by molar-refractivity contribution is -0.117. The van der Waals surface area contributed by atoms with Gasteiger partial charge in [-0.1, -0.05) is 18.7 Å². The SMILES string of the molecule is C=CC(=O)Nc1cccc(NC2=NCC(NC(=O)c3cc(NC(=O)C4CC4)ccc3C)C=N2)c1. The molecule has 9 nitrogen and oxygen atoms in total. The van der Waals surface area contributed by atoms with Gasteiger partial charge in [0.05, 0.1) is 12.6 Å². The van der Waals surface area contributed by atoms with Gasteiger partial charge in [0.25, 0.3) is 5.91 Å². The fourth-order valence-electron chi connectivity index (χ4n) is 3.37. The molecule has 0 aromatic heterocycles. The van der Waals surface area contributed by atoms with Crippen LogP contribution in [0.3, 0.4) is 0 Å². The summed E-state index contributed by atoms with van der Waals surface area (Å²) in [5.74, 6) is -0.0640. The molecule has 2 aromatic carbocycles. The van der Waals surface area contributed by atoms with Crippen molar-refractivity contribution >= 4 is 47.0 Å². The first kappa shape index (κ1) is 22.9. The Balaban J connectivity index is 1.33. The third-order valence-electron chi connectivity index (χ3n) is 5.40. The molecule has 1 atom stereocenters. The van der Waals surface area contributed by atoms with Crippen LogP contribution in [-0.2, 0) is 9.59 Å². The second-order valence-electron chi connectivity index (χ2n) is 8.21. The molecular weight excluding hydrogens is 432 g/mol. The lowest BCUT2D eigenvalue weighted by atomic mass is 10.1. The number of hydrogen-bond acceptors (Lipinski definition) is 6. The highest BCUT2D eigenvalue weighted by Gasteiger charge is 2.29. The van der Waals surface area contributed by atoms with Crippen molar-refractivity contribution in [1.29, 1.82) is 0 Å². The van der Waals surface area contributed by atoms with E-state index in [2.05, 4.69) is 37.8 Å². The second-order valence-corrected chi connectivity index (χ2v) is 8.21. The number of guanidine groups is 1. The number of amides is 3. The first-order valence-corrected chi connectivity index (χ1v) is 11.0. The van der Waals surface area contributed by atoms with Gasteiger partial charge < -0.3 is 21.3 Å². The molecule has 174 valence electrons. The van der Waals surface area contributed by atoms with Gasteiger partial charge in [-0.25, -0.2) is 9.98 Å². The van der Waals surface area contributed by atoms with Crippen molar-refractivity contribution in [3.8, 4) is 0 Å². The number of carbonyl (C=O) groups is 3. The predicted molar refractivity (Wildman–Crippen MR) is 133 cm³/mol. The number of benzene rings is 2. The Hall–Kier alpha value is -4.27. The summed E-state index contributed by atoms with van der Waals surface area (Å²) in [6, 6.07) is 12.1. The molecule has 1 heterocycles. The van der Waals surface area contributed by atoms with Gasteiger partial charge in [0.1, 0.15) is 0 Å². The molecule has 3 amide bonds. The van der Waals surface area contributed by atoms with Crippen molar-refractivity contribution in [3.05, 3.63) is 66.2 Å². The van der Waals surface area contributed by atoms with E-state index in [9.17, 15) is 14.4 Å². The molecular formula is C25H26N6O3. The Bertz CT molecular complexity index is 1200. The van der Waals surface area contributed by atoms with Gasteiger partial charge in [-0.3, -0.25) is 14.4 Å². The minimum atomic E-state index is -0.361.